The van der Waals surface area contributed by atoms with Gasteiger partial charge in [-0.05, 0) is 36.8 Å². The van der Waals surface area contributed by atoms with Gasteiger partial charge < -0.3 is 0 Å². The maximum atomic E-state index is 13.3. The number of hydrogen-bond donors (Lipinski definition) is 0. The van der Waals surface area contributed by atoms with E-state index in [1.54, 1.807) is 12.1 Å². The van der Waals surface area contributed by atoms with Crippen LogP contribution in [0.1, 0.15) is 27.4 Å². The number of carbonyl (C=O) groups excluding carboxylic acids is 1. The van der Waals surface area contributed by atoms with E-state index in [2.05, 4.69) is 15.9 Å². The van der Waals surface area contributed by atoms with E-state index in [1.165, 1.54) is 0 Å². The van der Waals surface area contributed by atoms with Gasteiger partial charge in [0.05, 0.1) is 6.07 Å². The Balaban J connectivity index is 2.48. The number of halogens is 3. The van der Waals surface area contributed by atoms with Gasteiger partial charge in [0.1, 0.15) is 17.6 Å². The molecule has 0 amide bonds. The third kappa shape index (κ3) is 3.34. The van der Waals surface area contributed by atoms with E-state index in [9.17, 15) is 18.8 Å². The molecule has 2 nitrogen and oxygen atoms in total. The van der Waals surface area contributed by atoms with Crippen LogP contribution in [-0.4, -0.2) is 5.78 Å². The van der Waals surface area contributed by atoms with Gasteiger partial charge in [-0.3, -0.25) is 4.79 Å². The third-order valence-corrected chi connectivity index (χ3v) is 3.69. The van der Waals surface area contributed by atoms with E-state index in [4.69, 9.17) is 0 Å². The molecule has 1 unspecified atom stereocenters. The number of Topliss-reactive ketones (excluding diaryl/α,β-unsaturated/α-hetero) is 1. The van der Waals surface area contributed by atoms with Gasteiger partial charge in [0, 0.05) is 16.1 Å². The highest BCUT2D eigenvalue weighted by Gasteiger charge is 2.24. The number of ketones is 1. The van der Waals surface area contributed by atoms with Crippen molar-refractivity contribution in [1.82, 2.24) is 0 Å². The second-order valence-electron chi connectivity index (χ2n) is 4.61. The Kier molecular flexibility index (Phi) is 4.49. The monoisotopic (exact) mass is 349 g/mol. The fourth-order valence-corrected chi connectivity index (χ4v) is 2.45. The number of aryl methyl sites for hydroxylation is 1. The fraction of sp³-hybridized carbons (Fsp3) is 0.125. The number of nitriles is 1. The van der Waals surface area contributed by atoms with Crippen molar-refractivity contribution in [3.63, 3.8) is 0 Å². The first kappa shape index (κ1) is 15.3. The van der Waals surface area contributed by atoms with Crippen LogP contribution >= 0.6 is 15.9 Å². The van der Waals surface area contributed by atoms with Crippen molar-refractivity contribution >= 4 is 21.7 Å². The van der Waals surface area contributed by atoms with Crippen LogP contribution < -0.4 is 0 Å². The molecule has 0 N–H and O–H groups in total. The van der Waals surface area contributed by atoms with E-state index in [1.807, 2.05) is 19.1 Å². The highest BCUT2D eigenvalue weighted by molar-refractivity contribution is 9.10. The van der Waals surface area contributed by atoms with Crippen molar-refractivity contribution in [2.24, 2.45) is 0 Å². The van der Waals surface area contributed by atoms with E-state index < -0.39 is 23.3 Å². The zero-order valence-corrected chi connectivity index (χ0v) is 12.6. The quantitative estimate of drug-likeness (QED) is 0.764. The minimum absolute atomic E-state index is 0.00778. The maximum absolute atomic E-state index is 13.3. The molecule has 106 valence electrons. The summed E-state index contributed by atoms with van der Waals surface area (Å²) in [5, 5.41) is 9.22. The SMILES string of the molecule is Cc1ccc(Br)c(C(=O)C(C#N)c2cc(F)cc(F)c2)c1. The second kappa shape index (κ2) is 6.15. The standard InChI is InChI=1S/C16H10BrF2NO/c1-9-2-3-15(17)13(4-9)16(21)14(8-20)10-5-11(18)7-12(19)6-10/h2-7,14H,1H3. The van der Waals surface area contributed by atoms with Crippen LogP contribution in [0.3, 0.4) is 0 Å². The third-order valence-electron chi connectivity index (χ3n) is 3.00. The summed E-state index contributed by atoms with van der Waals surface area (Å²) >= 11 is 3.25. The predicted octanol–water partition coefficient (Wildman–Crippen LogP) is 4.53. The van der Waals surface area contributed by atoms with E-state index in [-0.39, 0.29) is 5.56 Å². The molecular weight excluding hydrogens is 340 g/mol. The highest BCUT2D eigenvalue weighted by Crippen LogP contribution is 2.27. The first-order valence-electron chi connectivity index (χ1n) is 6.08. The zero-order chi connectivity index (χ0) is 15.6. The number of rotatable bonds is 3. The van der Waals surface area contributed by atoms with Crippen molar-refractivity contribution in [3.8, 4) is 6.07 Å². The largest absolute Gasteiger partial charge is 0.292 e. The summed E-state index contributed by atoms with van der Waals surface area (Å²) in [5.74, 6) is -3.39. The lowest BCUT2D eigenvalue weighted by Gasteiger charge is -2.11. The van der Waals surface area contributed by atoms with Gasteiger partial charge in [-0.2, -0.15) is 5.26 Å². The molecule has 0 bridgehead atoms. The molecular formula is C16H10BrF2NO. The molecule has 5 heteroatoms. The van der Waals surface area contributed by atoms with Crippen LogP contribution in [0.2, 0.25) is 0 Å². The van der Waals surface area contributed by atoms with Crippen LogP contribution in [0.4, 0.5) is 8.78 Å². The molecule has 0 aromatic heterocycles. The van der Waals surface area contributed by atoms with E-state index in [0.717, 1.165) is 17.7 Å². The van der Waals surface area contributed by atoms with Crippen LogP contribution in [0, 0.1) is 29.9 Å². The molecule has 0 heterocycles. The van der Waals surface area contributed by atoms with Gasteiger partial charge in [0.15, 0.2) is 5.78 Å². The van der Waals surface area contributed by atoms with Gasteiger partial charge >= 0.3 is 0 Å². The summed E-state index contributed by atoms with van der Waals surface area (Å²) in [6.45, 7) is 1.81. The topological polar surface area (TPSA) is 40.9 Å². The van der Waals surface area contributed by atoms with Crippen LogP contribution in [0.25, 0.3) is 0 Å². The Morgan fingerprint density at radius 2 is 1.81 bits per heavy atom. The molecule has 0 aliphatic rings. The van der Waals surface area contributed by atoms with E-state index >= 15 is 0 Å². The van der Waals surface area contributed by atoms with Crippen LogP contribution in [0.5, 0.6) is 0 Å². The lowest BCUT2D eigenvalue weighted by molar-refractivity contribution is 0.0978. The average Bonchev–Trinajstić information content (AvgIpc) is 2.41. The Morgan fingerprint density at radius 3 is 2.38 bits per heavy atom. The number of hydrogen-bond acceptors (Lipinski definition) is 2. The van der Waals surface area contributed by atoms with Crippen molar-refractivity contribution < 1.29 is 13.6 Å². The Bertz CT molecular complexity index is 732. The lowest BCUT2D eigenvalue weighted by Crippen LogP contribution is -2.12. The van der Waals surface area contributed by atoms with E-state index in [0.29, 0.717) is 16.1 Å². The zero-order valence-electron chi connectivity index (χ0n) is 11.0. The molecule has 0 radical (unpaired) electrons. The average molecular weight is 350 g/mol. The molecule has 2 aromatic rings. The molecule has 0 aliphatic heterocycles. The molecule has 0 saturated heterocycles. The van der Waals surface area contributed by atoms with Crippen molar-refractivity contribution in [2.45, 2.75) is 12.8 Å². The molecule has 0 saturated carbocycles. The Hall–Kier alpha value is -2.06. The van der Waals surface area contributed by atoms with Gasteiger partial charge in [-0.25, -0.2) is 8.78 Å². The number of nitrogens with zero attached hydrogens (tertiary/aromatic N) is 1. The molecule has 1 atom stereocenters. The van der Waals surface area contributed by atoms with Crippen LogP contribution in [0.15, 0.2) is 40.9 Å². The molecule has 2 rings (SSSR count). The summed E-state index contributed by atoms with van der Waals surface area (Å²) in [6, 6.07) is 9.65. The van der Waals surface area contributed by atoms with Crippen molar-refractivity contribution in [3.05, 3.63) is 69.2 Å². The first-order chi connectivity index (χ1) is 9.92. The minimum atomic E-state index is -1.26. The highest BCUT2D eigenvalue weighted by atomic mass is 79.9. The first-order valence-corrected chi connectivity index (χ1v) is 6.87. The molecule has 0 aliphatic carbocycles. The molecule has 0 fully saturated rings. The fourth-order valence-electron chi connectivity index (χ4n) is 2.01. The van der Waals surface area contributed by atoms with Crippen molar-refractivity contribution in [1.29, 1.82) is 5.26 Å². The molecule has 0 spiro atoms. The summed E-state index contributed by atoms with van der Waals surface area (Å²) in [4.78, 5) is 12.5. The minimum Gasteiger partial charge on any atom is -0.292 e. The Morgan fingerprint density at radius 1 is 1.19 bits per heavy atom. The second-order valence-corrected chi connectivity index (χ2v) is 5.47. The molecule has 21 heavy (non-hydrogen) atoms. The summed E-state index contributed by atoms with van der Waals surface area (Å²) in [5.41, 5.74) is 1.17. The van der Waals surface area contributed by atoms with Crippen molar-refractivity contribution in [2.75, 3.05) is 0 Å². The van der Waals surface area contributed by atoms with Gasteiger partial charge in [0.25, 0.3) is 0 Å². The lowest BCUT2D eigenvalue weighted by atomic mass is 9.91. The normalized spacial score (nSPS) is 11.8. The summed E-state index contributed by atoms with van der Waals surface area (Å²) < 4.78 is 27.1. The van der Waals surface area contributed by atoms with Gasteiger partial charge in [-0.15, -0.1) is 0 Å². The number of benzene rings is 2. The summed E-state index contributed by atoms with van der Waals surface area (Å²) in [6.07, 6.45) is 0. The predicted molar refractivity (Wildman–Crippen MR) is 77.9 cm³/mol. The maximum Gasteiger partial charge on any atom is 0.185 e. The Labute approximate surface area is 129 Å². The molecule has 2 aromatic carbocycles. The summed E-state index contributed by atoms with van der Waals surface area (Å²) in [7, 11) is 0. The smallest absolute Gasteiger partial charge is 0.185 e. The van der Waals surface area contributed by atoms with Gasteiger partial charge in [0.2, 0.25) is 0 Å². The van der Waals surface area contributed by atoms with Crippen LogP contribution in [-0.2, 0) is 0 Å². The van der Waals surface area contributed by atoms with Gasteiger partial charge in [-0.1, -0.05) is 27.6 Å². The number of carbonyl (C=O) groups is 1.